The van der Waals surface area contributed by atoms with Gasteiger partial charge in [-0.05, 0) is 31.0 Å². The lowest BCUT2D eigenvalue weighted by Gasteiger charge is -2.28. The maximum Gasteiger partial charge on any atom is 0.236 e. The minimum atomic E-state index is -0.914. The first kappa shape index (κ1) is 20.3. The van der Waals surface area contributed by atoms with Crippen LogP contribution >= 0.6 is 0 Å². The fourth-order valence-electron chi connectivity index (χ4n) is 3.12. The molecule has 0 N–H and O–H groups in total. The SMILES string of the molecule is CCC(=O)N1CCCN(CC(=O)N(C)C(C)c2ccc(F)c(F)c2)CC1. The fraction of sp³-hybridized carbons (Fsp3) is 0.579. The van der Waals surface area contributed by atoms with Gasteiger partial charge >= 0.3 is 0 Å². The molecule has 26 heavy (non-hydrogen) atoms. The van der Waals surface area contributed by atoms with Crippen LogP contribution in [0.2, 0.25) is 0 Å². The van der Waals surface area contributed by atoms with Gasteiger partial charge in [0, 0.05) is 39.6 Å². The molecule has 0 aromatic heterocycles. The summed E-state index contributed by atoms with van der Waals surface area (Å²) in [5.41, 5.74) is 0.551. The van der Waals surface area contributed by atoms with Crippen LogP contribution in [0.4, 0.5) is 8.78 Å². The second-order valence-electron chi connectivity index (χ2n) is 6.72. The molecule has 5 nitrogen and oxygen atoms in total. The van der Waals surface area contributed by atoms with E-state index in [1.165, 1.54) is 6.07 Å². The zero-order chi connectivity index (χ0) is 19.3. The van der Waals surface area contributed by atoms with Crippen LogP contribution in [0, 0.1) is 11.6 Å². The Morgan fingerprint density at radius 3 is 2.54 bits per heavy atom. The molecule has 1 atom stereocenters. The Morgan fingerprint density at radius 2 is 1.88 bits per heavy atom. The van der Waals surface area contributed by atoms with E-state index in [-0.39, 0.29) is 24.4 Å². The van der Waals surface area contributed by atoms with Crippen LogP contribution in [0.3, 0.4) is 0 Å². The largest absolute Gasteiger partial charge is 0.341 e. The summed E-state index contributed by atoms with van der Waals surface area (Å²) in [7, 11) is 1.67. The predicted molar refractivity (Wildman–Crippen MR) is 95.5 cm³/mol. The van der Waals surface area contributed by atoms with Gasteiger partial charge < -0.3 is 9.80 Å². The predicted octanol–water partition coefficient (Wildman–Crippen LogP) is 2.43. The number of hydrogen-bond donors (Lipinski definition) is 0. The topological polar surface area (TPSA) is 43.9 Å². The lowest BCUT2D eigenvalue weighted by molar-refractivity contribution is -0.133. The molecule has 1 saturated heterocycles. The summed E-state index contributed by atoms with van der Waals surface area (Å²) in [6, 6.07) is 3.34. The Labute approximate surface area is 153 Å². The first-order valence-corrected chi connectivity index (χ1v) is 9.04. The van der Waals surface area contributed by atoms with Crippen molar-refractivity contribution in [3.05, 3.63) is 35.4 Å². The molecule has 7 heteroatoms. The molecule has 1 aromatic rings. The summed E-state index contributed by atoms with van der Waals surface area (Å²) in [4.78, 5) is 29.9. The zero-order valence-corrected chi connectivity index (χ0v) is 15.7. The standard InChI is InChI=1S/C19H27F2N3O2/c1-4-18(25)24-9-5-8-23(10-11-24)13-19(26)22(3)14(2)15-6-7-16(20)17(21)12-15/h6-7,12,14H,4-5,8-11,13H2,1-3H3. The second kappa shape index (κ2) is 9.07. The molecule has 1 aromatic carbocycles. The molecule has 2 amide bonds. The lowest BCUT2D eigenvalue weighted by atomic mass is 10.1. The quantitative estimate of drug-likeness (QED) is 0.803. The van der Waals surface area contributed by atoms with E-state index in [0.29, 0.717) is 25.1 Å². The minimum absolute atomic E-state index is 0.0856. The molecule has 2 rings (SSSR count). The number of halogens is 2. The van der Waals surface area contributed by atoms with Crippen molar-refractivity contribution >= 4 is 11.8 Å². The van der Waals surface area contributed by atoms with Crippen LogP contribution in [-0.4, -0.2) is 66.3 Å². The van der Waals surface area contributed by atoms with E-state index in [2.05, 4.69) is 0 Å². The van der Waals surface area contributed by atoms with Crippen molar-refractivity contribution in [3.63, 3.8) is 0 Å². The number of nitrogens with zero attached hydrogens (tertiary/aromatic N) is 3. The monoisotopic (exact) mass is 367 g/mol. The molecule has 1 unspecified atom stereocenters. The van der Waals surface area contributed by atoms with Crippen LogP contribution in [0.25, 0.3) is 0 Å². The third-order valence-corrected chi connectivity index (χ3v) is 5.00. The van der Waals surface area contributed by atoms with Crippen molar-refractivity contribution in [1.82, 2.24) is 14.7 Å². The fourth-order valence-corrected chi connectivity index (χ4v) is 3.12. The van der Waals surface area contributed by atoms with Crippen molar-refractivity contribution in [3.8, 4) is 0 Å². The number of amides is 2. The summed E-state index contributed by atoms with van der Waals surface area (Å²) in [5.74, 6) is -1.76. The number of carbonyl (C=O) groups is 2. The van der Waals surface area contributed by atoms with Gasteiger partial charge in [-0.15, -0.1) is 0 Å². The number of hydrogen-bond acceptors (Lipinski definition) is 3. The van der Waals surface area contributed by atoms with E-state index in [1.807, 2.05) is 16.7 Å². The molecule has 1 aliphatic heterocycles. The summed E-state index contributed by atoms with van der Waals surface area (Å²) in [6.45, 7) is 6.65. The van der Waals surface area contributed by atoms with Crippen LogP contribution in [0.5, 0.6) is 0 Å². The van der Waals surface area contributed by atoms with Crippen LogP contribution in [0.15, 0.2) is 18.2 Å². The summed E-state index contributed by atoms with van der Waals surface area (Å²) < 4.78 is 26.5. The third kappa shape index (κ3) is 5.00. The van der Waals surface area contributed by atoms with E-state index in [9.17, 15) is 18.4 Å². The van der Waals surface area contributed by atoms with Gasteiger partial charge in [0.2, 0.25) is 11.8 Å². The van der Waals surface area contributed by atoms with Gasteiger partial charge in [0.1, 0.15) is 0 Å². The van der Waals surface area contributed by atoms with Crippen LogP contribution < -0.4 is 0 Å². The first-order chi connectivity index (χ1) is 12.3. The molecule has 1 heterocycles. The average Bonchev–Trinajstić information content (AvgIpc) is 2.87. The molecule has 1 aliphatic rings. The second-order valence-corrected chi connectivity index (χ2v) is 6.72. The highest BCUT2D eigenvalue weighted by Gasteiger charge is 2.23. The molecular weight excluding hydrogens is 340 g/mol. The lowest BCUT2D eigenvalue weighted by Crippen LogP contribution is -2.41. The Morgan fingerprint density at radius 1 is 1.15 bits per heavy atom. The van der Waals surface area contributed by atoms with Gasteiger partial charge in [0.25, 0.3) is 0 Å². The van der Waals surface area contributed by atoms with Crippen molar-refractivity contribution in [2.45, 2.75) is 32.7 Å². The first-order valence-electron chi connectivity index (χ1n) is 9.04. The van der Waals surface area contributed by atoms with Crippen molar-refractivity contribution < 1.29 is 18.4 Å². The highest BCUT2D eigenvalue weighted by molar-refractivity contribution is 5.78. The zero-order valence-electron chi connectivity index (χ0n) is 15.7. The molecule has 0 spiro atoms. The van der Waals surface area contributed by atoms with Gasteiger partial charge in [-0.3, -0.25) is 14.5 Å². The molecule has 1 fully saturated rings. The maximum atomic E-state index is 13.4. The van der Waals surface area contributed by atoms with E-state index < -0.39 is 11.6 Å². The maximum absolute atomic E-state index is 13.4. The van der Waals surface area contributed by atoms with E-state index in [1.54, 1.807) is 18.9 Å². The molecule has 0 radical (unpaired) electrons. The Bertz CT molecular complexity index is 654. The normalized spacial score (nSPS) is 16.9. The summed E-state index contributed by atoms with van der Waals surface area (Å²) >= 11 is 0. The number of likely N-dealkylation sites (N-methyl/N-ethyl adjacent to an activating group) is 1. The number of benzene rings is 1. The van der Waals surface area contributed by atoms with E-state index >= 15 is 0 Å². The van der Waals surface area contributed by atoms with Crippen molar-refractivity contribution in [2.24, 2.45) is 0 Å². The van der Waals surface area contributed by atoms with Crippen LogP contribution in [0.1, 0.15) is 38.3 Å². The summed E-state index contributed by atoms with van der Waals surface area (Å²) in [6.07, 6.45) is 1.33. The van der Waals surface area contributed by atoms with Gasteiger partial charge in [-0.25, -0.2) is 8.78 Å². The van der Waals surface area contributed by atoms with E-state index in [4.69, 9.17) is 0 Å². The van der Waals surface area contributed by atoms with Gasteiger partial charge in [0.05, 0.1) is 12.6 Å². The van der Waals surface area contributed by atoms with Gasteiger partial charge in [0.15, 0.2) is 11.6 Å². The van der Waals surface area contributed by atoms with Gasteiger partial charge in [-0.1, -0.05) is 13.0 Å². The molecular formula is C19H27F2N3O2. The Balaban J connectivity index is 1.93. The van der Waals surface area contributed by atoms with Gasteiger partial charge in [-0.2, -0.15) is 0 Å². The Hall–Kier alpha value is -2.02. The Kier molecular flexibility index (Phi) is 7.08. The van der Waals surface area contributed by atoms with Crippen molar-refractivity contribution in [1.29, 1.82) is 0 Å². The highest BCUT2D eigenvalue weighted by atomic mass is 19.2. The molecule has 0 saturated carbocycles. The average molecular weight is 367 g/mol. The number of carbonyl (C=O) groups excluding carboxylic acids is 2. The number of rotatable bonds is 5. The summed E-state index contributed by atoms with van der Waals surface area (Å²) in [5, 5.41) is 0. The molecule has 0 bridgehead atoms. The van der Waals surface area contributed by atoms with Crippen molar-refractivity contribution in [2.75, 3.05) is 39.8 Å². The highest BCUT2D eigenvalue weighted by Crippen LogP contribution is 2.21. The smallest absolute Gasteiger partial charge is 0.236 e. The molecule has 0 aliphatic carbocycles. The van der Waals surface area contributed by atoms with Crippen LogP contribution in [-0.2, 0) is 9.59 Å². The molecule has 144 valence electrons. The third-order valence-electron chi connectivity index (χ3n) is 5.00. The minimum Gasteiger partial charge on any atom is -0.341 e. The van der Waals surface area contributed by atoms with E-state index in [0.717, 1.165) is 31.6 Å².